The highest BCUT2D eigenvalue weighted by Crippen LogP contribution is 2.25. The molecule has 0 aliphatic rings. The molecule has 1 heterocycles. The Bertz CT molecular complexity index is 283. The van der Waals surface area contributed by atoms with Gasteiger partial charge in [0.1, 0.15) is 0 Å². The third kappa shape index (κ3) is 3.08. The summed E-state index contributed by atoms with van der Waals surface area (Å²) in [5.74, 6) is 0. The van der Waals surface area contributed by atoms with Gasteiger partial charge in [-0.15, -0.1) is 11.3 Å². The maximum absolute atomic E-state index is 9.89. The van der Waals surface area contributed by atoms with E-state index in [9.17, 15) is 5.11 Å². The first-order chi connectivity index (χ1) is 6.65. The summed E-state index contributed by atoms with van der Waals surface area (Å²) in [6.45, 7) is 7.90. The molecule has 0 fully saturated rings. The van der Waals surface area contributed by atoms with Crippen LogP contribution < -0.4 is 5.32 Å². The Hall–Kier alpha value is -0.380. The largest absolute Gasteiger partial charge is 0.387 e. The summed E-state index contributed by atoms with van der Waals surface area (Å²) in [6.07, 6.45) is 0.750. The second-order valence-corrected chi connectivity index (χ2v) is 5.05. The fourth-order valence-electron chi connectivity index (χ4n) is 1.51. The molecule has 1 unspecified atom stereocenters. The molecule has 80 valence electrons. The zero-order valence-electron chi connectivity index (χ0n) is 9.13. The molecule has 1 atom stereocenters. The van der Waals surface area contributed by atoms with Crippen LogP contribution in [-0.2, 0) is 0 Å². The van der Waals surface area contributed by atoms with Gasteiger partial charge in [-0.3, -0.25) is 0 Å². The molecular formula is C11H19NOS. The number of aryl methyl sites for hydroxylation is 2. The lowest BCUT2D eigenvalue weighted by atomic mass is 10.1. The average Bonchev–Trinajstić information content (AvgIpc) is 2.45. The van der Waals surface area contributed by atoms with Crippen LogP contribution in [0, 0.1) is 13.8 Å². The number of thiophene rings is 1. The highest BCUT2D eigenvalue weighted by molar-refractivity contribution is 7.12. The van der Waals surface area contributed by atoms with Crippen molar-refractivity contribution < 1.29 is 5.11 Å². The minimum absolute atomic E-state index is 0.355. The van der Waals surface area contributed by atoms with Crippen molar-refractivity contribution in [2.24, 2.45) is 0 Å². The Kier molecular flexibility index (Phi) is 4.58. The summed E-state index contributed by atoms with van der Waals surface area (Å²) >= 11 is 1.75. The van der Waals surface area contributed by atoms with Crippen molar-refractivity contribution in [3.63, 3.8) is 0 Å². The predicted molar refractivity (Wildman–Crippen MR) is 61.9 cm³/mol. The van der Waals surface area contributed by atoms with Crippen LogP contribution in [0.4, 0.5) is 0 Å². The van der Waals surface area contributed by atoms with Crippen molar-refractivity contribution in [2.75, 3.05) is 13.1 Å². The molecule has 0 spiro atoms. The fraction of sp³-hybridized carbons (Fsp3) is 0.636. The van der Waals surface area contributed by atoms with Gasteiger partial charge in [0.15, 0.2) is 0 Å². The van der Waals surface area contributed by atoms with Crippen LogP contribution in [0.2, 0.25) is 0 Å². The van der Waals surface area contributed by atoms with E-state index < -0.39 is 0 Å². The first-order valence-electron chi connectivity index (χ1n) is 5.10. The van der Waals surface area contributed by atoms with Gasteiger partial charge in [-0.25, -0.2) is 0 Å². The Labute approximate surface area is 90.0 Å². The van der Waals surface area contributed by atoms with Gasteiger partial charge in [-0.2, -0.15) is 0 Å². The Morgan fingerprint density at radius 2 is 2.21 bits per heavy atom. The van der Waals surface area contributed by atoms with Crippen LogP contribution in [0.5, 0.6) is 0 Å². The lowest BCUT2D eigenvalue weighted by Crippen LogP contribution is -2.22. The summed E-state index contributed by atoms with van der Waals surface area (Å²) in [7, 11) is 0. The first-order valence-corrected chi connectivity index (χ1v) is 5.92. The maximum Gasteiger partial charge on any atom is 0.0925 e. The van der Waals surface area contributed by atoms with Crippen LogP contribution in [0.3, 0.4) is 0 Å². The lowest BCUT2D eigenvalue weighted by Gasteiger charge is -2.10. The first kappa shape index (κ1) is 11.7. The second-order valence-electron chi connectivity index (χ2n) is 3.59. The van der Waals surface area contributed by atoms with Gasteiger partial charge in [0, 0.05) is 16.3 Å². The SMILES string of the molecule is CCCNCC(O)c1cc(C)sc1C. The van der Waals surface area contributed by atoms with Gasteiger partial charge in [0.25, 0.3) is 0 Å². The molecular weight excluding hydrogens is 194 g/mol. The molecule has 0 aromatic carbocycles. The number of aliphatic hydroxyl groups excluding tert-OH is 1. The highest BCUT2D eigenvalue weighted by Gasteiger charge is 2.11. The van der Waals surface area contributed by atoms with E-state index in [-0.39, 0.29) is 6.10 Å². The van der Waals surface area contributed by atoms with Gasteiger partial charge in [-0.05, 0) is 38.4 Å². The zero-order chi connectivity index (χ0) is 10.6. The molecule has 0 saturated heterocycles. The monoisotopic (exact) mass is 213 g/mol. The molecule has 3 heteroatoms. The maximum atomic E-state index is 9.89. The molecule has 1 aromatic rings. The minimum atomic E-state index is -0.355. The molecule has 1 rings (SSSR count). The number of nitrogens with one attached hydrogen (secondary N) is 1. The van der Waals surface area contributed by atoms with E-state index >= 15 is 0 Å². The van der Waals surface area contributed by atoms with Crippen LogP contribution >= 0.6 is 11.3 Å². The minimum Gasteiger partial charge on any atom is -0.387 e. The molecule has 0 amide bonds. The van der Waals surface area contributed by atoms with Gasteiger partial charge < -0.3 is 10.4 Å². The van der Waals surface area contributed by atoms with E-state index in [4.69, 9.17) is 0 Å². The van der Waals surface area contributed by atoms with Crippen molar-refractivity contribution in [2.45, 2.75) is 33.3 Å². The normalized spacial score (nSPS) is 13.1. The second kappa shape index (κ2) is 5.49. The summed E-state index contributed by atoms with van der Waals surface area (Å²) < 4.78 is 0. The number of rotatable bonds is 5. The van der Waals surface area contributed by atoms with Gasteiger partial charge in [0.2, 0.25) is 0 Å². The van der Waals surface area contributed by atoms with Crippen LogP contribution in [0.25, 0.3) is 0 Å². The molecule has 2 N–H and O–H groups in total. The zero-order valence-corrected chi connectivity index (χ0v) is 9.95. The third-order valence-electron chi connectivity index (χ3n) is 2.20. The molecule has 0 aliphatic carbocycles. The van der Waals surface area contributed by atoms with E-state index in [1.54, 1.807) is 11.3 Å². The van der Waals surface area contributed by atoms with Crippen molar-refractivity contribution in [1.29, 1.82) is 0 Å². The fourth-order valence-corrected chi connectivity index (χ4v) is 2.49. The van der Waals surface area contributed by atoms with E-state index in [0.29, 0.717) is 6.54 Å². The molecule has 2 nitrogen and oxygen atoms in total. The van der Waals surface area contributed by atoms with E-state index in [1.165, 1.54) is 9.75 Å². The molecule has 0 saturated carbocycles. The van der Waals surface area contributed by atoms with Crippen LogP contribution in [-0.4, -0.2) is 18.2 Å². The Morgan fingerprint density at radius 3 is 2.71 bits per heavy atom. The third-order valence-corrected chi connectivity index (χ3v) is 3.18. The average molecular weight is 213 g/mol. The van der Waals surface area contributed by atoms with Crippen LogP contribution in [0.15, 0.2) is 6.07 Å². The topological polar surface area (TPSA) is 32.3 Å². The number of aliphatic hydroxyl groups is 1. The number of hydrogen-bond acceptors (Lipinski definition) is 3. The Morgan fingerprint density at radius 1 is 1.50 bits per heavy atom. The molecule has 0 bridgehead atoms. The summed E-state index contributed by atoms with van der Waals surface area (Å²) in [6, 6.07) is 2.08. The summed E-state index contributed by atoms with van der Waals surface area (Å²) in [5.41, 5.74) is 1.08. The summed E-state index contributed by atoms with van der Waals surface area (Å²) in [5, 5.41) is 13.1. The predicted octanol–water partition coefficient (Wildman–Crippen LogP) is 2.40. The van der Waals surface area contributed by atoms with E-state index in [1.807, 2.05) is 0 Å². The molecule has 0 aliphatic heterocycles. The van der Waals surface area contributed by atoms with Crippen molar-refractivity contribution in [3.8, 4) is 0 Å². The van der Waals surface area contributed by atoms with Crippen molar-refractivity contribution in [1.82, 2.24) is 5.32 Å². The quantitative estimate of drug-likeness (QED) is 0.736. The van der Waals surface area contributed by atoms with Crippen LogP contribution in [0.1, 0.15) is 34.8 Å². The highest BCUT2D eigenvalue weighted by atomic mass is 32.1. The molecule has 1 aromatic heterocycles. The standard InChI is InChI=1S/C11H19NOS/c1-4-5-12-7-11(13)10-6-8(2)14-9(10)3/h6,11-13H,4-5,7H2,1-3H3. The van der Waals surface area contributed by atoms with E-state index in [0.717, 1.165) is 18.5 Å². The molecule has 0 radical (unpaired) electrons. The number of hydrogen-bond donors (Lipinski definition) is 2. The van der Waals surface area contributed by atoms with Gasteiger partial charge in [0.05, 0.1) is 6.10 Å². The lowest BCUT2D eigenvalue weighted by molar-refractivity contribution is 0.175. The van der Waals surface area contributed by atoms with Crippen molar-refractivity contribution >= 4 is 11.3 Å². The summed E-state index contributed by atoms with van der Waals surface area (Å²) in [4.78, 5) is 2.50. The Balaban J connectivity index is 2.51. The smallest absolute Gasteiger partial charge is 0.0925 e. The van der Waals surface area contributed by atoms with Crippen molar-refractivity contribution in [3.05, 3.63) is 21.4 Å². The van der Waals surface area contributed by atoms with E-state index in [2.05, 4.69) is 32.2 Å². The molecule has 14 heavy (non-hydrogen) atoms. The van der Waals surface area contributed by atoms with Gasteiger partial charge in [-0.1, -0.05) is 6.92 Å². The van der Waals surface area contributed by atoms with Gasteiger partial charge >= 0.3 is 0 Å².